The molecule has 182 valence electrons. The summed E-state index contributed by atoms with van der Waals surface area (Å²) in [6, 6.07) is 57.6. The quantitative estimate of drug-likeness (QED) is 0.151. The lowest BCUT2D eigenvalue weighted by Crippen LogP contribution is -2.32. The molecule has 0 bridgehead atoms. The van der Waals surface area contributed by atoms with E-state index in [1.165, 1.54) is 43.4 Å². The van der Waals surface area contributed by atoms with Gasteiger partial charge in [0.25, 0.3) is 0 Å². The molecule has 0 fully saturated rings. The van der Waals surface area contributed by atoms with Crippen LogP contribution >= 0.6 is 7.26 Å². The van der Waals surface area contributed by atoms with Crippen LogP contribution in [-0.4, -0.2) is 0 Å². The standard InChI is InChI=1S/C37H30P/c1-4-14-35(15-5-1)38(36-16-6-2-7-17-36,37-18-8-3-9-19-37)29-32-24-21-30(22-25-32)20-23-31-26-27-33-12-10-11-13-34(33)28-31/h1-28H,29H2/q+1/b23-20+. The summed E-state index contributed by atoms with van der Waals surface area (Å²) in [5.74, 6) is 0. The van der Waals surface area contributed by atoms with Crippen LogP contribution in [0.4, 0.5) is 0 Å². The zero-order chi connectivity index (χ0) is 25.6. The second kappa shape index (κ2) is 11.0. The van der Waals surface area contributed by atoms with Crippen molar-refractivity contribution in [2.75, 3.05) is 0 Å². The first-order valence-corrected chi connectivity index (χ1v) is 15.1. The molecular weight excluding hydrogens is 475 g/mol. The zero-order valence-electron chi connectivity index (χ0n) is 21.3. The van der Waals surface area contributed by atoms with Crippen LogP contribution in [0.25, 0.3) is 22.9 Å². The third-order valence-corrected chi connectivity index (χ3v) is 11.6. The average Bonchev–Trinajstić information content (AvgIpc) is 3.01. The smallest absolute Gasteiger partial charge is 0.0620 e. The van der Waals surface area contributed by atoms with Gasteiger partial charge >= 0.3 is 0 Å². The maximum absolute atomic E-state index is 2.31. The molecular formula is C37H30P+. The van der Waals surface area contributed by atoms with Crippen molar-refractivity contribution in [1.82, 2.24) is 0 Å². The Bertz CT molecular complexity index is 1550. The minimum Gasteiger partial charge on any atom is -0.0620 e. The molecule has 6 aromatic carbocycles. The van der Waals surface area contributed by atoms with E-state index in [1.807, 2.05) is 0 Å². The number of benzene rings is 6. The van der Waals surface area contributed by atoms with Crippen LogP contribution in [0, 0.1) is 0 Å². The predicted molar refractivity (Wildman–Crippen MR) is 168 cm³/mol. The van der Waals surface area contributed by atoms with E-state index in [2.05, 4.69) is 170 Å². The Morgan fingerprint density at radius 3 is 1.39 bits per heavy atom. The van der Waals surface area contributed by atoms with Gasteiger partial charge in [0.15, 0.2) is 0 Å². The van der Waals surface area contributed by atoms with Crippen molar-refractivity contribution < 1.29 is 0 Å². The Hall–Kier alpha value is -4.25. The lowest BCUT2D eigenvalue weighted by atomic mass is 10.1. The molecule has 0 aliphatic carbocycles. The summed E-state index contributed by atoms with van der Waals surface area (Å²) in [5.41, 5.74) is 3.79. The molecule has 0 unspecified atom stereocenters. The molecule has 0 saturated heterocycles. The monoisotopic (exact) mass is 505 g/mol. The Morgan fingerprint density at radius 1 is 0.395 bits per heavy atom. The molecule has 0 aromatic heterocycles. The molecule has 0 aliphatic rings. The van der Waals surface area contributed by atoms with E-state index in [1.54, 1.807) is 0 Å². The first kappa shape index (κ1) is 24.1. The fourth-order valence-corrected chi connectivity index (χ4v) is 9.52. The number of hydrogen-bond donors (Lipinski definition) is 0. The summed E-state index contributed by atoms with van der Waals surface area (Å²) < 4.78 is 0. The summed E-state index contributed by atoms with van der Waals surface area (Å²) >= 11 is 0. The highest BCUT2D eigenvalue weighted by atomic mass is 31.2. The van der Waals surface area contributed by atoms with Crippen molar-refractivity contribution in [3.63, 3.8) is 0 Å². The zero-order valence-corrected chi connectivity index (χ0v) is 22.2. The van der Waals surface area contributed by atoms with Crippen molar-refractivity contribution >= 4 is 46.1 Å². The molecule has 0 heterocycles. The Balaban J connectivity index is 1.35. The van der Waals surface area contributed by atoms with Crippen molar-refractivity contribution in [3.8, 4) is 0 Å². The first-order chi connectivity index (χ1) is 18.8. The van der Waals surface area contributed by atoms with Crippen LogP contribution < -0.4 is 15.9 Å². The summed E-state index contributed by atoms with van der Waals surface area (Å²) in [7, 11) is -1.89. The van der Waals surface area contributed by atoms with Crippen molar-refractivity contribution in [2.24, 2.45) is 0 Å². The molecule has 0 spiro atoms. The molecule has 38 heavy (non-hydrogen) atoms. The van der Waals surface area contributed by atoms with Gasteiger partial charge in [-0.2, -0.15) is 0 Å². The topological polar surface area (TPSA) is 0 Å². The van der Waals surface area contributed by atoms with E-state index in [0.717, 1.165) is 6.16 Å². The highest BCUT2D eigenvalue weighted by Gasteiger charge is 2.45. The van der Waals surface area contributed by atoms with Crippen molar-refractivity contribution in [3.05, 3.63) is 174 Å². The summed E-state index contributed by atoms with van der Waals surface area (Å²) in [4.78, 5) is 0. The second-order valence-corrected chi connectivity index (χ2v) is 13.1. The van der Waals surface area contributed by atoms with Gasteiger partial charge in [0.05, 0.1) is 6.16 Å². The van der Waals surface area contributed by atoms with Crippen LogP contribution in [0.1, 0.15) is 16.7 Å². The van der Waals surface area contributed by atoms with Crippen LogP contribution in [0.2, 0.25) is 0 Å². The Kier molecular flexibility index (Phi) is 6.99. The van der Waals surface area contributed by atoms with E-state index >= 15 is 0 Å². The third kappa shape index (κ3) is 4.97. The summed E-state index contributed by atoms with van der Waals surface area (Å²) in [6.45, 7) is 0. The second-order valence-electron chi connectivity index (χ2n) is 9.66. The maximum Gasteiger partial charge on any atom is 0.116 e. The van der Waals surface area contributed by atoms with Gasteiger partial charge in [-0.1, -0.05) is 127 Å². The van der Waals surface area contributed by atoms with E-state index in [-0.39, 0.29) is 0 Å². The van der Waals surface area contributed by atoms with E-state index in [4.69, 9.17) is 0 Å². The number of hydrogen-bond acceptors (Lipinski definition) is 0. The SMILES string of the molecule is C(=C\c1ccc2ccccc2c1)/c1ccc(C[P+](c2ccccc2)(c2ccccc2)c2ccccc2)cc1. The minimum atomic E-state index is -1.89. The highest BCUT2D eigenvalue weighted by molar-refractivity contribution is 7.95. The third-order valence-electron chi connectivity index (χ3n) is 7.23. The van der Waals surface area contributed by atoms with Gasteiger partial charge in [0, 0.05) is 0 Å². The number of rotatable bonds is 7. The Morgan fingerprint density at radius 2 is 0.842 bits per heavy atom. The Labute approximate surface area is 226 Å². The molecule has 6 rings (SSSR count). The van der Waals surface area contributed by atoms with Gasteiger partial charge in [-0.05, 0) is 69.9 Å². The molecule has 6 aromatic rings. The van der Waals surface area contributed by atoms with Crippen LogP contribution in [0.5, 0.6) is 0 Å². The van der Waals surface area contributed by atoms with Gasteiger partial charge in [-0.15, -0.1) is 0 Å². The van der Waals surface area contributed by atoms with Crippen LogP contribution in [0.3, 0.4) is 0 Å². The molecule has 0 aliphatic heterocycles. The molecule has 0 N–H and O–H groups in total. The molecule has 0 amide bonds. The van der Waals surface area contributed by atoms with Gasteiger partial charge < -0.3 is 0 Å². The highest BCUT2D eigenvalue weighted by Crippen LogP contribution is 2.58. The average molecular weight is 506 g/mol. The number of fused-ring (bicyclic) bond motifs is 1. The van der Waals surface area contributed by atoms with Crippen LogP contribution in [-0.2, 0) is 6.16 Å². The molecule has 0 atom stereocenters. The molecule has 0 saturated carbocycles. The largest absolute Gasteiger partial charge is 0.116 e. The summed E-state index contributed by atoms with van der Waals surface area (Å²) in [6.07, 6.45) is 5.40. The lowest BCUT2D eigenvalue weighted by molar-refractivity contribution is 1.38. The van der Waals surface area contributed by atoms with Gasteiger partial charge in [-0.25, -0.2) is 0 Å². The fraction of sp³-hybridized carbons (Fsp3) is 0.0270. The maximum atomic E-state index is 2.31. The van der Waals surface area contributed by atoms with Gasteiger partial charge in [0.1, 0.15) is 23.2 Å². The van der Waals surface area contributed by atoms with Gasteiger partial charge in [0.2, 0.25) is 0 Å². The normalized spacial score (nSPS) is 11.7. The lowest BCUT2D eigenvalue weighted by Gasteiger charge is -2.28. The molecule has 0 radical (unpaired) electrons. The summed E-state index contributed by atoms with van der Waals surface area (Å²) in [5, 5.41) is 6.79. The fourth-order valence-electron chi connectivity index (χ4n) is 5.28. The van der Waals surface area contributed by atoms with Crippen LogP contribution in [0.15, 0.2) is 158 Å². The molecule has 0 nitrogen and oxygen atoms in total. The van der Waals surface area contributed by atoms with E-state index in [9.17, 15) is 0 Å². The van der Waals surface area contributed by atoms with Gasteiger partial charge in [-0.3, -0.25) is 0 Å². The van der Waals surface area contributed by atoms with E-state index < -0.39 is 7.26 Å². The van der Waals surface area contributed by atoms with Crippen molar-refractivity contribution in [1.29, 1.82) is 0 Å². The van der Waals surface area contributed by atoms with Crippen molar-refractivity contribution in [2.45, 2.75) is 6.16 Å². The predicted octanol–water partition coefficient (Wildman–Crippen LogP) is 8.50. The van der Waals surface area contributed by atoms with E-state index in [0.29, 0.717) is 0 Å². The molecule has 1 heteroatoms. The first-order valence-electron chi connectivity index (χ1n) is 13.1. The minimum absolute atomic E-state index is 0.986.